The molecule has 0 fully saturated rings. The lowest BCUT2D eigenvalue weighted by molar-refractivity contribution is -0.194. The summed E-state index contributed by atoms with van der Waals surface area (Å²) in [5.41, 5.74) is 2.38. The molecule has 0 aliphatic carbocycles. The van der Waals surface area contributed by atoms with Crippen molar-refractivity contribution in [1.29, 1.82) is 0 Å². The van der Waals surface area contributed by atoms with Crippen LogP contribution in [0, 0.1) is 0 Å². The molecule has 0 bridgehead atoms. The molecule has 0 spiro atoms. The molecule has 0 heterocycles. The third kappa shape index (κ3) is 8.20. The fourth-order valence-corrected chi connectivity index (χ4v) is 5.78. The Kier molecular flexibility index (Phi) is 11.7. The van der Waals surface area contributed by atoms with E-state index in [4.69, 9.17) is 18.6 Å². The average Bonchev–Trinajstić information content (AvgIpc) is 2.50. The smallest absolute Gasteiger partial charge is 0.175 e. The van der Waals surface area contributed by atoms with Gasteiger partial charge in [0.1, 0.15) is 0 Å². The minimum Gasteiger partial charge on any atom is -0.334 e. The Morgan fingerprint density at radius 3 is 1.87 bits per heavy atom. The molecule has 0 aliphatic rings. The summed E-state index contributed by atoms with van der Waals surface area (Å²) < 4.78 is 18.9. The van der Waals surface area contributed by atoms with Gasteiger partial charge < -0.3 is 9.05 Å². The van der Waals surface area contributed by atoms with Crippen molar-refractivity contribution in [1.82, 2.24) is 0 Å². The maximum atomic E-state index is 5.69. The van der Waals surface area contributed by atoms with Gasteiger partial charge in [-0.1, -0.05) is 31.9 Å². The summed E-state index contributed by atoms with van der Waals surface area (Å²) in [7, 11) is -1.54. The Bertz CT molecular complexity index is 471. The molecule has 1 aromatic rings. The summed E-state index contributed by atoms with van der Waals surface area (Å²) in [4.78, 5) is 5.04. The molecule has 132 valence electrons. The maximum absolute atomic E-state index is 5.69. The van der Waals surface area contributed by atoms with Gasteiger partial charge in [-0.25, -0.2) is 9.56 Å². The van der Waals surface area contributed by atoms with E-state index in [1.165, 1.54) is 11.1 Å². The molecule has 1 unspecified atom stereocenters. The molecule has 1 aromatic carbocycles. The van der Waals surface area contributed by atoms with Gasteiger partial charge in [0, 0.05) is 21.3 Å². The van der Waals surface area contributed by atoms with Crippen molar-refractivity contribution in [2.24, 2.45) is 0 Å². The van der Waals surface area contributed by atoms with Gasteiger partial charge >= 0.3 is 0 Å². The first-order chi connectivity index (χ1) is 11.0. The lowest BCUT2D eigenvalue weighted by Gasteiger charge is -2.18. The van der Waals surface area contributed by atoms with Crippen LogP contribution < -0.4 is 0 Å². The molecule has 0 saturated carbocycles. The van der Waals surface area contributed by atoms with Crippen molar-refractivity contribution in [3.05, 3.63) is 32.2 Å². The SMILES string of the molecule is CCOOP(C)Cc1cc(Br)c(CP(OCC)OCC)cc1Br. The van der Waals surface area contributed by atoms with Crippen molar-refractivity contribution in [3.63, 3.8) is 0 Å². The van der Waals surface area contributed by atoms with Gasteiger partial charge in [-0.2, -0.15) is 0 Å². The van der Waals surface area contributed by atoms with Crippen LogP contribution in [0.2, 0.25) is 0 Å². The summed E-state index contributed by atoms with van der Waals surface area (Å²) in [6.07, 6.45) is 1.60. The van der Waals surface area contributed by atoms with E-state index in [0.717, 1.165) is 21.3 Å². The highest BCUT2D eigenvalue weighted by molar-refractivity contribution is 9.11. The van der Waals surface area contributed by atoms with Crippen molar-refractivity contribution < 1.29 is 18.6 Å². The Morgan fingerprint density at radius 2 is 1.39 bits per heavy atom. The fourth-order valence-electron chi connectivity index (χ4n) is 1.84. The van der Waals surface area contributed by atoms with Crippen LogP contribution in [0.4, 0.5) is 0 Å². The zero-order valence-corrected chi connectivity index (χ0v) is 18.9. The van der Waals surface area contributed by atoms with Crippen LogP contribution in [0.1, 0.15) is 31.9 Å². The molecule has 23 heavy (non-hydrogen) atoms. The third-order valence-electron chi connectivity index (χ3n) is 2.75. The lowest BCUT2D eigenvalue weighted by Crippen LogP contribution is -1.97. The van der Waals surface area contributed by atoms with Crippen molar-refractivity contribution in [2.75, 3.05) is 26.5 Å². The third-order valence-corrected chi connectivity index (χ3v) is 7.07. The van der Waals surface area contributed by atoms with E-state index in [1.54, 1.807) is 0 Å². The Hall–Kier alpha value is 0.880. The van der Waals surface area contributed by atoms with Crippen LogP contribution in [-0.2, 0) is 30.9 Å². The first-order valence-electron chi connectivity index (χ1n) is 7.52. The normalized spacial score (nSPS) is 12.8. The quantitative estimate of drug-likeness (QED) is 0.199. The van der Waals surface area contributed by atoms with Gasteiger partial charge in [0.15, 0.2) is 8.38 Å². The van der Waals surface area contributed by atoms with E-state index < -0.39 is 16.5 Å². The second-order valence-electron chi connectivity index (χ2n) is 4.63. The maximum Gasteiger partial charge on any atom is 0.175 e. The summed E-state index contributed by atoms with van der Waals surface area (Å²) in [5.74, 6) is 0. The van der Waals surface area contributed by atoms with Gasteiger partial charge in [0.25, 0.3) is 0 Å². The summed E-state index contributed by atoms with van der Waals surface area (Å²) >= 11 is 7.33. The highest BCUT2D eigenvalue weighted by Crippen LogP contribution is 2.45. The van der Waals surface area contributed by atoms with E-state index in [0.29, 0.717) is 19.8 Å². The number of benzene rings is 1. The summed E-state index contributed by atoms with van der Waals surface area (Å²) in [6.45, 7) is 9.85. The molecule has 4 nitrogen and oxygen atoms in total. The Balaban J connectivity index is 2.79. The molecule has 0 aromatic heterocycles. The first kappa shape index (κ1) is 21.9. The highest BCUT2D eigenvalue weighted by atomic mass is 79.9. The van der Waals surface area contributed by atoms with Crippen LogP contribution >= 0.6 is 48.4 Å². The largest absolute Gasteiger partial charge is 0.334 e. The van der Waals surface area contributed by atoms with E-state index in [1.807, 2.05) is 20.8 Å². The first-order valence-corrected chi connectivity index (χ1v) is 12.4. The van der Waals surface area contributed by atoms with E-state index in [-0.39, 0.29) is 0 Å². The van der Waals surface area contributed by atoms with Gasteiger partial charge in [0.05, 0.1) is 28.0 Å². The minimum absolute atomic E-state index is 0.564. The monoisotopic (exact) mass is 488 g/mol. The van der Waals surface area contributed by atoms with Gasteiger partial charge in [0.2, 0.25) is 0 Å². The van der Waals surface area contributed by atoms with Crippen molar-refractivity contribution >= 4 is 48.4 Å². The minimum atomic E-state index is -0.892. The fraction of sp³-hybridized carbons (Fsp3) is 0.600. The van der Waals surface area contributed by atoms with Gasteiger partial charge in [-0.3, -0.25) is 0 Å². The van der Waals surface area contributed by atoms with Crippen molar-refractivity contribution in [3.8, 4) is 0 Å². The molecular weight excluding hydrogens is 466 g/mol. The highest BCUT2D eigenvalue weighted by Gasteiger charge is 2.16. The Morgan fingerprint density at radius 1 is 0.870 bits per heavy atom. The number of halogens is 2. The molecule has 0 aliphatic heterocycles. The predicted molar refractivity (Wildman–Crippen MR) is 105 cm³/mol. The molecule has 0 amide bonds. The second-order valence-corrected chi connectivity index (χ2v) is 9.56. The van der Waals surface area contributed by atoms with Crippen LogP contribution in [0.3, 0.4) is 0 Å². The number of hydrogen-bond acceptors (Lipinski definition) is 4. The molecule has 1 atom stereocenters. The average molecular weight is 490 g/mol. The van der Waals surface area contributed by atoms with Crippen LogP contribution in [0.5, 0.6) is 0 Å². The van der Waals surface area contributed by atoms with Crippen LogP contribution in [0.15, 0.2) is 21.1 Å². The van der Waals surface area contributed by atoms with Gasteiger partial charge in [-0.05, 0) is 50.7 Å². The van der Waals surface area contributed by atoms with Crippen LogP contribution in [-0.4, -0.2) is 26.5 Å². The van der Waals surface area contributed by atoms with Crippen molar-refractivity contribution in [2.45, 2.75) is 33.1 Å². The molecule has 0 radical (unpaired) electrons. The number of hydrogen-bond donors (Lipinski definition) is 0. The lowest BCUT2D eigenvalue weighted by atomic mass is 10.2. The summed E-state index contributed by atoms with van der Waals surface area (Å²) in [5, 5.41) is 0. The molecule has 8 heteroatoms. The van der Waals surface area contributed by atoms with Crippen LogP contribution in [0.25, 0.3) is 0 Å². The zero-order valence-electron chi connectivity index (χ0n) is 14.0. The van der Waals surface area contributed by atoms with E-state index >= 15 is 0 Å². The Labute approximate surface area is 158 Å². The topological polar surface area (TPSA) is 36.9 Å². The van der Waals surface area contributed by atoms with Gasteiger partial charge in [-0.15, -0.1) is 0 Å². The van der Waals surface area contributed by atoms with E-state index in [9.17, 15) is 0 Å². The standard InChI is InChI=1S/C15H24Br2O4P2/c1-5-18-21-22(4)10-12-8-15(17)13(9-14(12)16)11-23(19-6-2)20-7-3/h8-9H,5-7,10-11H2,1-4H3. The predicted octanol–water partition coefficient (Wildman–Crippen LogP) is 6.59. The summed E-state index contributed by atoms with van der Waals surface area (Å²) in [6, 6.07) is 4.27. The van der Waals surface area contributed by atoms with E-state index in [2.05, 4.69) is 50.7 Å². The number of rotatable bonds is 11. The molecule has 0 N–H and O–H groups in total. The molecule has 0 saturated heterocycles. The molecular formula is C15H24Br2O4P2. The molecule has 1 rings (SSSR count). The second kappa shape index (κ2) is 12.3. The zero-order chi connectivity index (χ0) is 17.2.